The van der Waals surface area contributed by atoms with Crippen molar-refractivity contribution >= 4 is 65.3 Å². The Hall–Kier alpha value is -6.61. The third-order valence-corrected chi connectivity index (χ3v) is 12.9. The van der Waals surface area contributed by atoms with Crippen molar-refractivity contribution in [3.05, 3.63) is 107 Å². The van der Waals surface area contributed by atoms with E-state index < -0.39 is 54.6 Å². The van der Waals surface area contributed by atoms with E-state index in [4.69, 9.17) is 29.4 Å². The number of ether oxygens (including phenoxy) is 5. The predicted molar refractivity (Wildman–Crippen MR) is 228 cm³/mol. The summed E-state index contributed by atoms with van der Waals surface area (Å²) in [6.45, 7) is 0.0539. The Morgan fingerprint density at radius 3 is 1.89 bits per heavy atom. The van der Waals surface area contributed by atoms with Crippen LogP contribution in [-0.2, 0) is 20.2 Å². The number of amides is 2. The van der Waals surface area contributed by atoms with Crippen molar-refractivity contribution in [2.24, 2.45) is 4.99 Å². The summed E-state index contributed by atoms with van der Waals surface area (Å²) < 4.78 is 100.0. The molecule has 20 heteroatoms. The number of methoxy groups -OCH3 is 3. The molecule has 8 rings (SSSR count). The van der Waals surface area contributed by atoms with Crippen molar-refractivity contribution in [2.45, 2.75) is 36.7 Å². The molecule has 3 atom stereocenters. The highest BCUT2D eigenvalue weighted by Crippen LogP contribution is 2.44. The first-order valence-electron chi connectivity index (χ1n) is 19.1. The van der Waals surface area contributed by atoms with E-state index in [2.05, 4.69) is 10.3 Å². The molecule has 2 amide bonds. The molecule has 0 bridgehead atoms. The Morgan fingerprint density at radius 1 is 0.726 bits per heavy atom. The lowest BCUT2D eigenvalue weighted by atomic mass is 10.0. The molecule has 0 aromatic heterocycles. The fraction of sp³-hybridized carbons (Fsp3) is 0.262. The molecule has 4 aliphatic rings. The van der Waals surface area contributed by atoms with Gasteiger partial charge >= 0.3 is 10.1 Å². The molecule has 62 heavy (non-hydrogen) atoms. The van der Waals surface area contributed by atoms with Crippen LogP contribution in [0.5, 0.6) is 28.7 Å². The van der Waals surface area contributed by atoms with Crippen LogP contribution in [0.2, 0.25) is 0 Å². The fourth-order valence-corrected chi connectivity index (χ4v) is 9.53. The zero-order valence-corrected chi connectivity index (χ0v) is 35.1. The maximum atomic E-state index is 14.0. The third kappa shape index (κ3) is 7.99. The number of rotatable bonds is 12. The van der Waals surface area contributed by atoms with E-state index in [0.29, 0.717) is 22.6 Å². The summed E-state index contributed by atoms with van der Waals surface area (Å²) in [5.74, 6) is 0.174. The minimum atomic E-state index is -4.88. The van der Waals surface area contributed by atoms with Crippen LogP contribution in [0.15, 0.2) is 90.2 Å². The average molecular weight is 888 g/mol. The summed E-state index contributed by atoms with van der Waals surface area (Å²) in [5, 5.41) is 0.666. The van der Waals surface area contributed by atoms with Crippen LogP contribution in [0, 0.1) is 0 Å². The number of aliphatic imine (C=N–C) groups is 1. The number of carbonyl (C=O) groups is 2. The molecule has 0 saturated carbocycles. The first kappa shape index (κ1) is 42.1. The molecule has 18 nitrogen and oxygen atoms in total. The first-order chi connectivity index (χ1) is 29.6. The second-order valence-electron chi connectivity index (χ2n) is 14.7. The lowest BCUT2D eigenvalue weighted by molar-refractivity contribution is 0.0788. The van der Waals surface area contributed by atoms with E-state index >= 15 is 0 Å². The zero-order valence-electron chi connectivity index (χ0n) is 33.5. The molecule has 4 aromatic rings. The Morgan fingerprint density at radius 2 is 1.29 bits per heavy atom. The van der Waals surface area contributed by atoms with Crippen molar-refractivity contribution in [2.75, 3.05) is 45.6 Å². The normalized spacial score (nSPS) is 19.4. The smallest absolute Gasteiger partial charge is 0.310 e. The molecule has 4 aliphatic heterocycles. The predicted octanol–water partition coefficient (Wildman–Crippen LogP) is 5.22. The van der Waals surface area contributed by atoms with Gasteiger partial charge in [-0.2, -0.15) is 16.8 Å². The van der Waals surface area contributed by atoms with Gasteiger partial charge in [0.2, 0.25) is 0 Å². The van der Waals surface area contributed by atoms with Crippen molar-refractivity contribution in [1.29, 1.82) is 0 Å². The standard InChI is InChI=1S/C42H41N5O13S2/c1-56-28-11-7-24(8-12-28)26-16-34-40(62(53,54)55)45-32-20-38(36(58-3)18-30(32)42(49)47(34)22-26)60-14-4-13-59-37-19-31-29(17-35(37)57-2)41(48)46-21-25(23-5-9-27(43)10-6-23)15-33(46)39(44-31)61(50,51)52/h5-12,17-22,33-34,40,45H,4,13-16,43H2,1-3H3,(H,50,51,52)(H,53,54,55)/t33-,34-,40-/m0/s1. The highest BCUT2D eigenvalue weighted by molar-refractivity contribution is 8.01. The monoisotopic (exact) mass is 887 g/mol. The molecule has 4 heterocycles. The summed E-state index contributed by atoms with van der Waals surface area (Å²) in [6, 6.07) is 17.5. The molecule has 324 valence electrons. The number of nitrogens with zero attached hydrogens (tertiary/aromatic N) is 3. The summed E-state index contributed by atoms with van der Waals surface area (Å²) >= 11 is 0. The van der Waals surface area contributed by atoms with Gasteiger partial charge in [-0.15, -0.1) is 0 Å². The summed E-state index contributed by atoms with van der Waals surface area (Å²) in [6.07, 6.45) is 3.56. The summed E-state index contributed by atoms with van der Waals surface area (Å²) in [7, 11) is -5.32. The Labute approximate surface area is 356 Å². The molecule has 0 unspecified atom stereocenters. The summed E-state index contributed by atoms with van der Waals surface area (Å²) in [5.41, 5.74) is 9.32. The number of nitrogens with one attached hydrogen (secondary N) is 1. The minimum Gasteiger partial charge on any atom is -0.497 e. The van der Waals surface area contributed by atoms with Gasteiger partial charge in [-0.1, -0.05) is 24.3 Å². The third-order valence-electron chi connectivity index (χ3n) is 10.9. The zero-order chi connectivity index (χ0) is 44.1. The lowest BCUT2D eigenvalue weighted by Gasteiger charge is -2.26. The van der Waals surface area contributed by atoms with E-state index in [0.717, 1.165) is 11.1 Å². The summed E-state index contributed by atoms with van der Waals surface area (Å²) in [4.78, 5) is 34.7. The van der Waals surface area contributed by atoms with Crippen molar-refractivity contribution in [3.63, 3.8) is 0 Å². The first-order valence-corrected chi connectivity index (χ1v) is 22.1. The maximum absolute atomic E-state index is 14.0. The second kappa shape index (κ2) is 16.3. The van der Waals surface area contributed by atoms with Gasteiger partial charge in [0.1, 0.15) is 5.75 Å². The van der Waals surface area contributed by atoms with Crippen molar-refractivity contribution in [3.8, 4) is 28.7 Å². The van der Waals surface area contributed by atoms with Crippen LogP contribution in [0.3, 0.4) is 0 Å². The van der Waals surface area contributed by atoms with Crippen LogP contribution in [0.25, 0.3) is 11.1 Å². The quantitative estimate of drug-likeness (QED) is 0.0809. The number of nitrogen functional groups attached to an aromatic ring is 1. The number of anilines is 2. The average Bonchev–Trinajstić information content (AvgIpc) is 3.84. The number of fused-ring (bicyclic) bond motifs is 4. The molecular weight excluding hydrogens is 847 g/mol. The van der Waals surface area contributed by atoms with E-state index in [-0.39, 0.29) is 78.0 Å². The van der Waals surface area contributed by atoms with Gasteiger partial charge in [0.15, 0.2) is 33.4 Å². The van der Waals surface area contributed by atoms with Crippen LogP contribution in [0.1, 0.15) is 51.1 Å². The van der Waals surface area contributed by atoms with E-state index in [1.165, 1.54) is 61.6 Å². The largest absolute Gasteiger partial charge is 0.497 e. The SMILES string of the molecule is COc1ccc(C2=CN3C(=O)c4cc(OC)c(OCCCOc5cc6c(cc5OC)C(=O)N5C=C(c7ccc(N)cc7)C[C@H]5C(S(=O)(=O)O)=N6)cc4N[C@@H](S(=O)(=O)O)[C@@H]3C2)cc1. The van der Waals surface area contributed by atoms with Gasteiger partial charge in [-0.25, -0.2) is 4.99 Å². The molecule has 5 N–H and O–H groups in total. The Balaban J connectivity index is 0.989. The molecule has 0 spiro atoms. The number of hydrogen-bond acceptors (Lipinski definition) is 14. The molecule has 0 saturated heterocycles. The van der Waals surface area contributed by atoms with Gasteiger partial charge in [-0.3, -0.25) is 18.7 Å². The number of hydrogen-bond donors (Lipinski definition) is 4. The maximum Gasteiger partial charge on any atom is 0.310 e. The van der Waals surface area contributed by atoms with Crippen LogP contribution < -0.4 is 34.7 Å². The number of carbonyl (C=O) groups excluding carboxylic acids is 2. The van der Waals surface area contributed by atoms with Crippen LogP contribution in [0.4, 0.5) is 17.1 Å². The molecule has 0 radical (unpaired) electrons. The minimum absolute atomic E-state index is 0.0174. The molecule has 0 aliphatic carbocycles. The van der Waals surface area contributed by atoms with Crippen LogP contribution >= 0.6 is 0 Å². The van der Waals surface area contributed by atoms with Gasteiger partial charge < -0.3 is 44.5 Å². The highest BCUT2D eigenvalue weighted by atomic mass is 32.2. The number of benzene rings is 4. The van der Waals surface area contributed by atoms with E-state index in [1.807, 2.05) is 0 Å². The van der Waals surface area contributed by atoms with Crippen molar-refractivity contribution < 1.29 is 59.2 Å². The van der Waals surface area contributed by atoms with E-state index in [1.54, 1.807) is 54.7 Å². The van der Waals surface area contributed by atoms with Gasteiger partial charge in [0.05, 0.1) is 69.1 Å². The molecule has 4 aromatic carbocycles. The number of nitrogens with two attached hydrogens (primary N) is 1. The highest BCUT2D eigenvalue weighted by Gasteiger charge is 2.46. The van der Waals surface area contributed by atoms with Crippen molar-refractivity contribution in [1.82, 2.24) is 9.80 Å². The van der Waals surface area contributed by atoms with Gasteiger partial charge in [0, 0.05) is 43.1 Å². The van der Waals surface area contributed by atoms with Gasteiger partial charge in [0.25, 0.3) is 21.9 Å². The lowest BCUT2D eigenvalue weighted by Crippen LogP contribution is -2.46. The topological polar surface area (TPSA) is 246 Å². The Kier molecular flexibility index (Phi) is 11.1. The molecule has 0 fully saturated rings. The fourth-order valence-electron chi connectivity index (χ4n) is 7.87. The molecular formula is C42H41N5O13S2. The van der Waals surface area contributed by atoms with Gasteiger partial charge in [-0.05, 0) is 65.1 Å². The second-order valence-corrected chi connectivity index (χ2v) is 17.6. The Bertz CT molecular complexity index is 2790. The van der Waals surface area contributed by atoms with E-state index in [9.17, 15) is 35.5 Å². The van der Waals surface area contributed by atoms with Crippen LogP contribution in [-0.4, -0.2) is 105 Å².